The topological polar surface area (TPSA) is 220 Å². The lowest BCUT2D eigenvalue weighted by atomic mass is 9.54. The number of fused-ring (bicyclic) bond motifs is 3. The van der Waals surface area contributed by atoms with Gasteiger partial charge < -0.3 is 41.1 Å². The van der Waals surface area contributed by atoms with Crippen LogP contribution >= 0.6 is 0 Å². The predicted molar refractivity (Wildman–Crippen MR) is 152 cm³/mol. The number of nitrogens with zero attached hydrogens (tertiary/aromatic N) is 2. The number of carbonyl (C=O) groups is 5. The molecule has 2 amide bonds. The second kappa shape index (κ2) is 11.1. The second-order valence-corrected chi connectivity index (χ2v) is 11.6. The molecule has 0 radical (unpaired) electrons. The lowest BCUT2D eigenvalue weighted by molar-refractivity contribution is -0.185. The first kappa shape index (κ1) is 31.7. The lowest BCUT2D eigenvalue weighted by Crippen LogP contribution is -2.71. The first-order chi connectivity index (χ1) is 20.0. The van der Waals surface area contributed by atoms with Gasteiger partial charge in [0, 0.05) is 17.9 Å². The van der Waals surface area contributed by atoms with Crippen molar-refractivity contribution in [3.8, 4) is 5.75 Å². The molecule has 14 nitrogen and oxygen atoms in total. The summed E-state index contributed by atoms with van der Waals surface area (Å²) in [6.07, 6.45) is -1.60. The van der Waals surface area contributed by atoms with E-state index in [9.17, 15) is 44.4 Å². The number of hydrogen-bond donors (Lipinski definition) is 6. The number of aliphatic hydroxyl groups is 3. The van der Waals surface area contributed by atoms with Crippen molar-refractivity contribution in [3.05, 3.63) is 40.2 Å². The zero-order valence-corrected chi connectivity index (χ0v) is 24.7. The number of nitrogens with two attached hydrogens (primary N) is 1. The molecule has 0 spiro atoms. The number of amides is 2. The van der Waals surface area contributed by atoms with E-state index in [0.717, 1.165) is 0 Å². The van der Waals surface area contributed by atoms with E-state index in [4.69, 9.17) is 10.5 Å². The number of benzene rings is 1. The highest BCUT2D eigenvalue weighted by molar-refractivity contribution is 6.24. The van der Waals surface area contributed by atoms with E-state index in [-0.39, 0.29) is 24.2 Å². The number of Topliss-reactive ketones (excluding diaryl/α,β-unsaturated/α-hetero) is 2. The molecule has 43 heavy (non-hydrogen) atoms. The number of anilines is 1. The van der Waals surface area contributed by atoms with Gasteiger partial charge in [0.2, 0.25) is 11.7 Å². The minimum Gasteiger partial charge on any atom is -0.508 e. The van der Waals surface area contributed by atoms with Crippen LogP contribution in [0.2, 0.25) is 0 Å². The number of nitrogens with one attached hydrogen (secondary N) is 1. The fraction of sp³-hybridized carbons (Fsp3) is 0.483. The molecule has 0 heterocycles. The van der Waals surface area contributed by atoms with Gasteiger partial charge in [-0.1, -0.05) is 19.9 Å². The van der Waals surface area contributed by atoms with Crippen molar-refractivity contribution in [1.29, 1.82) is 0 Å². The Kier molecular flexibility index (Phi) is 8.17. The molecule has 0 saturated heterocycles. The maximum Gasteiger partial charge on any atom is 0.305 e. The molecule has 6 unspecified atom stereocenters. The number of esters is 1. The highest BCUT2D eigenvalue weighted by Crippen LogP contribution is 2.57. The fourth-order valence-corrected chi connectivity index (χ4v) is 6.54. The Morgan fingerprint density at radius 1 is 1.09 bits per heavy atom. The van der Waals surface area contributed by atoms with Crippen LogP contribution in [-0.4, -0.2) is 112 Å². The van der Waals surface area contributed by atoms with E-state index in [1.807, 2.05) is 0 Å². The van der Waals surface area contributed by atoms with Gasteiger partial charge in [0.1, 0.15) is 28.9 Å². The first-order valence-corrected chi connectivity index (χ1v) is 13.6. The van der Waals surface area contributed by atoms with Gasteiger partial charge in [-0.25, -0.2) is 0 Å². The first-order valence-electron chi connectivity index (χ1n) is 13.6. The molecule has 4 rings (SSSR count). The SMILES string of the molecule is CCC(=O)OC1C2C(=C(O)c3c(ccc(NC(=O)CN(C)C)c3O)C2C)C(=O)C2(O)C(O)=C(C(N)=O)C(=O)C(N(C)C)C12. The molecule has 0 aromatic heterocycles. The van der Waals surface area contributed by atoms with Crippen LogP contribution in [0.1, 0.15) is 37.3 Å². The van der Waals surface area contributed by atoms with Crippen LogP contribution in [0.25, 0.3) is 5.76 Å². The summed E-state index contributed by atoms with van der Waals surface area (Å²) in [6.45, 7) is 3.14. The number of hydrogen-bond acceptors (Lipinski definition) is 12. The van der Waals surface area contributed by atoms with Crippen LogP contribution in [0.5, 0.6) is 5.75 Å². The average Bonchev–Trinajstić information content (AvgIpc) is 2.90. The molecule has 14 heteroatoms. The normalized spacial score (nSPS) is 28.4. The summed E-state index contributed by atoms with van der Waals surface area (Å²) < 4.78 is 5.79. The van der Waals surface area contributed by atoms with Gasteiger partial charge in [-0.05, 0) is 45.7 Å². The molecule has 1 aromatic carbocycles. The number of carbonyl (C=O) groups excluding carboxylic acids is 5. The standard InChI is InChI=1S/C29H36N4O10/c1-7-15(35)43-25-16-11(2)12-8-9-13(31-14(34)10-32(3)4)22(36)17(12)23(37)18(16)26(39)29(42)20(25)21(33(5)6)24(38)19(27(29)40)28(30)41/h8-9,11,16,20-21,25,36-37,40,42H,7,10H2,1-6H3,(H2,30,41)(H,31,34). The van der Waals surface area contributed by atoms with E-state index in [1.165, 1.54) is 38.1 Å². The van der Waals surface area contributed by atoms with Crippen LogP contribution in [0.4, 0.5) is 5.69 Å². The molecule has 1 fully saturated rings. The van der Waals surface area contributed by atoms with Gasteiger partial charge in [0.05, 0.1) is 29.8 Å². The summed E-state index contributed by atoms with van der Waals surface area (Å²) in [4.78, 5) is 68.2. The Bertz CT molecular complexity index is 1500. The second-order valence-electron chi connectivity index (χ2n) is 11.6. The van der Waals surface area contributed by atoms with E-state index in [1.54, 1.807) is 25.9 Å². The van der Waals surface area contributed by atoms with Crippen LogP contribution in [-0.2, 0) is 28.7 Å². The Morgan fingerprint density at radius 3 is 2.26 bits per heavy atom. The van der Waals surface area contributed by atoms with Crippen molar-refractivity contribution in [3.63, 3.8) is 0 Å². The van der Waals surface area contributed by atoms with Gasteiger partial charge in [0.25, 0.3) is 5.91 Å². The Labute approximate surface area is 247 Å². The van der Waals surface area contributed by atoms with Crippen molar-refractivity contribution in [2.75, 3.05) is 40.1 Å². The van der Waals surface area contributed by atoms with Crippen molar-refractivity contribution in [2.45, 2.75) is 43.9 Å². The monoisotopic (exact) mass is 600 g/mol. The Morgan fingerprint density at radius 2 is 1.72 bits per heavy atom. The van der Waals surface area contributed by atoms with Crippen LogP contribution in [0.15, 0.2) is 29.0 Å². The molecule has 3 aliphatic rings. The minimum absolute atomic E-state index is 0.0149. The Hall–Kier alpha value is -4.27. The molecule has 7 N–H and O–H groups in total. The molecule has 0 bridgehead atoms. The lowest BCUT2D eigenvalue weighted by Gasteiger charge is -2.54. The quantitative estimate of drug-likeness (QED) is 0.138. The summed E-state index contributed by atoms with van der Waals surface area (Å²) in [5, 5.41) is 48.6. The van der Waals surface area contributed by atoms with E-state index < -0.39 is 93.3 Å². The summed E-state index contributed by atoms with van der Waals surface area (Å²) >= 11 is 0. The molecule has 1 saturated carbocycles. The molecule has 232 valence electrons. The Balaban J connectivity index is 2.03. The predicted octanol–water partition coefficient (Wildman–Crippen LogP) is -0.0432. The number of aromatic hydroxyl groups is 1. The summed E-state index contributed by atoms with van der Waals surface area (Å²) in [5.74, 6) is -11.1. The number of primary amides is 1. The maximum atomic E-state index is 14.3. The number of ether oxygens (including phenoxy) is 1. The van der Waals surface area contributed by atoms with Crippen molar-refractivity contribution in [1.82, 2.24) is 9.80 Å². The molecular formula is C29H36N4O10. The van der Waals surface area contributed by atoms with E-state index in [0.29, 0.717) is 5.56 Å². The number of phenols is 1. The van der Waals surface area contributed by atoms with Crippen molar-refractivity contribution < 1.29 is 49.1 Å². The number of likely N-dealkylation sites (N-methyl/N-ethyl adjacent to an activating group) is 2. The molecule has 1 aromatic rings. The maximum absolute atomic E-state index is 14.3. The van der Waals surface area contributed by atoms with Gasteiger partial charge in [0.15, 0.2) is 11.4 Å². The van der Waals surface area contributed by atoms with Crippen LogP contribution in [0, 0.1) is 11.8 Å². The van der Waals surface area contributed by atoms with Crippen LogP contribution in [0.3, 0.4) is 0 Å². The average molecular weight is 601 g/mol. The zero-order chi connectivity index (χ0) is 32.3. The smallest absolute Gasteiger partial charge is 0.305 e. The van der Waals surface area contributed by atoms with Crippen molar-refractivity contribution in [2.24, 2.45) is 17.6 Å². The van der Waals surface area contributed by atoms with E-state index >= 15 is 0 Å². The third-order valence-electron chi connectivity index (χ3n) is 8.39. The molecule has 6 atom stereocenters. The van der Waals surface area contributed by atoms with Gasteiger partial charge >= 0.3 is 5.97 Å². The third kappa shape index (κ3) is 4.75. The van der Waals surface area contributed by atoms with Crippen LogP contribution < -0.4 is 11.1 Å². The largest absolute Gasteiger partial charge is 0.508 e. The van der Waals surface area contributed by atoms with Crippen molar-refractivity contribution >= 4 is 40.8 Å². The molecule has 0 aliphatic heterocycles. The molecule has 3 aliphatic carbocycles. The number of aliphatic hydroxyl groups excluding tert-OH is 2. The highest BCUT2D eigenvalue weighted by atomic mass is 16.5. The summed E-state index contributed by atoms with van der Waals surface area (Å²) in [5.41, 5.74) is 0.908. The minimum atomic E-state index is -3.03. The zero-order valence-electron chi connectivity index (χ0n) is 24.7. The number of ketones is 2. The number of phenolic OH excluding ortho intramolecular Hbond substituents is 1. The third-order valence-corrected chi connectivity index (χ3v) is 8.39. The van der Waals surface area contributed by atoms with E-state index in [2.05, 4.69) is 5.32 Å². The highest BCUT2D eigenvalue weighted by Gasteiger charge is 2.69. The summed E-state index contributed by atoms with van der Waals surface area (Å²) in [7, 11) is 6.23. The van der Waals surface area contributed by atoms with Gasteiger partial charge in [-0.2, -0.15) is 0 Å². The van der Waals surface area contributed by atoms with Gasteiger partial charge in [-0.15, -0.1) is 0 Å². The number of rotatable bonds is 7. The fourth-order valence-electron chi connectivity index (χ4n) is 6.54. The van der Waals surface area contributed by atoms with Gasteiger partial charge in [-0.3, -0.25) is 28.9 Å². The summed E-state index contributed by atoms with van der Waals surface area (Å²) in [6, 6.07) is 1.49. The molecular weight excluding hydrogens is 564 g/mol.